The molecule has 1 aliphatic heterocycles. The van der Waals surface area contributed by atoms with Gasteiger partial charge in [0.1, 0.15) is 12.0 Å². The third-order valence-electron chi connectivity index (χ3n) is 0.766. The molecule has 44 valence electrons. The van der Waals surface area contributed by atoms with Gasteiger partial charge in [0.25, 0.3) is 0 Å². The fraction of sp³-hybridized carbons (Fsp3) is 0.500. The molecule has 0 saturated carbocycles. The van der Waals surface area contributed by atoms with Crippen LogP contribution < -0.4 is 0 Å². The van der Waals surface area contributed by atoms with Crippen molar-refractivity contribution >= 4 is 23.9 Å². The summed E-state index contributed by atoms with van der Waals surface area (Å²) in [6, 6.07) is 0. The van der Waals surface area contributed by atoms with Gasteiger partial charge in [-0.1, -0.05) is 0 Å². The largest absolute Gasteiger partial charge is 0.577 e. The summed E-state index contributed by atoms with van der Waals surface area (Å²) in [5.41, 5.74) is 0. The highest BCUT2D eigenvalue weighted by Crippen LogP contribution is 2.01. The second-order valence-corrected chi connectivity index (χ2v) is 1.61. The minimum absolute atomic E-state index is 0.148. The Balaban J connectivity index is 2.51. The molecule has 0 aliphatic carbocycles. The Bertz CT molecular complexity index is 134. The number of ether oxygens (including phenoxy) is 1. The minimum atomic E-state index is -0.586. The van der Waals surface area contributed by atoms with Gasteiger partial charge in [0, 0.05) is 12.3 Å². The molecule has 0 N–H and O–H groups in total. The summed E-state index contributed by atoms with van der Waals surface area (Å²) in [5.74, 6) is -0.199. The molecule has 0 aromatic heterocycles. The average molecular weight is 133 g/mol. The van der Waals surface area contributed by atoms with Gasteiger partial charge in [-0.3, -0.25) is 0 Å². The number of nitrogens with zero attached hydrogens (tertiary/aromatic N) is 1. The van der Waals surface area contributed by atoms with Gasteiger partial charge in [0.05, 0.1) is 0 Å². The average Bonchev–Trinajstić information content (AvgIpc) is 2.14. The van der Waals surface area contributed by atoms with Crippen LogP contribution in [0.4, 0.5) is 0 Å². The number of carbonyl (C=O) groups excluding carboxylic acids is 1. The number of hydrogen-bond donors (Lipinski definition) is 0. The van der Waals surface area contributed by atoms with Gasteiger partial charge in [-0.25, -0.2) is 0 Å². The molecule has 1 amide bonds. The Morgan fingerprint density at radius 2 is 2.75 bits per heavy atom. The number of amides is 1. The zero-order valence-electron chi connectivity index (χ0n) is 3.93. The van der Waals surface area contributed by atoms with Gasteiger partial charge in [-0.2, -0.15) is 0 Å². The zero-order valence-corrected chi connectivity index (χ0v) is 4.68. The fourth-order valence-electron chi connectivity index (χ4n) is 0.355. The second-order valence-electron chi connectivity index (χ2n) is 1.30. The van der Waals surface area contributed by atoms with Crippen molar-refractivity contribution in [3.8, 4) is 0 Å². The van der Waals surface area contributed by atoms with Crippen LogP contribution in [0.1, 0.15) is 0 Å². The standard InChI is InChI=1S/C4H3ClNO2/c5-1-3-4(7)6-2-8-3/h3H,1H2/q-1/t3-/m1/s1. The van der Waals surface area contributed by atoms with Crippen LogP contribution in [0.5, 0.6) is 0 Å². The van der Waals surface area contributed by atoms with E-state index in [2.05, 4.69) is 16.1 Å². The molecule has 0 aromatic carbocycles. The first-order chi connectivity index (χ1) is 3.84. The Morgan fingerprint density at radius 3 is 3.00 bits per heavy atom. The van der Waals surface area contributed by atoms with Gasteiger partial charge < -0.3 is 14.5 Å². The quantitative estimate of drug-likeness (QED) is 0.374. The van der Waals surface area contributed by atoms with Crippen LogP contribution in [0.3, 0.4) is 0 Å². The predicted octanol–water partition coefficient (Wildman–Crippen LogP) is 0.0559. The number of halogens is 1. The van der Waals surface area contributed by atoms with Crippen molar-refractivity contribution in [3.05, 3.63) is 0 Å². The number of aliphatic imine (C=N–C) groups is 1. The summed E-state index contributed by atoms with van der Waals surface area (Å²) in [5, 5.41) is 0. The maximum Gasteiger partial charge on any atom is 0.129 e. The predicted molar refractivity (Wildman–Crippen MR) is 28.0 cm³/mol. The molecule has 1 heterocycles. The second kappa shape index (κ2) is 2.13. The third kappa shape index (κ3) is 0.816. The van der Waals surface area contributed by atoms with E-state index in [4.69, 9.17) is 11.6 Å². The van der Waals surface area contributed by atoms with Crippen LogP contribution in [-0.4, -0.2) is 24.3 Å². The van der Waals surface area contributed by atoms with Crippen LogP contribution in [0.25, 0.3) is 0 Å². The summed E-state index contributed by atoms with van der Waals surface area (Å²) >= 11 is 5.26. The Morgan fingerprint density at radius 1 is 2.00 bits per heavy atom. The lowest BCUT2D eigenvalue weighted by Gasteiger charge is -2.07. The normalized spacial score (nSPS) is 26.1. The van der Waals surface area contributed by atoms with E-state index < -0.39 is 6.10 Å². The molecule has 0 spiro atoms. The fourth-order valence-corrected chi connectivity index (χ4v) is 0.550. The lowest BCUT2D eigenvalue weighted by atomic mass is 10.4. The monoisotopic (exact) mass is 132 g/mol. The van der Waals surface area contributed by atoms with Gasteiger partial charge in [0.15, 0.2) is 0 Å². The maximum absolute atomic E-state index is 10.4. The molecule has 8 heavy (non-hydrogen) atoms. The van der Waals surface area contributed by atoms with E-state index in [1.807, 2.05) is 0 Å². The van der Waals surface area contributed by atoms with Crippen LogP contribution in [0.2, 0.25) is 0 Å². The smallest absolute Gasteiger partial charge is 0.129 e. The van der Waals surface area contributed by atoms with Crippen LogP contribution in [0.15, 0.2) is 4.99 Å². The lowest BCUT2D eigenvalue weighted by Crippen LogP contribution is -2.17. The van der Waals surface area contributed by atoms with E-state index >= 15 is 0 Å². The molecule has 0 bridgehead atoms. The molecular weight excluding hydrogens is 130 g/mol. The molecule has 0 radical (unpaired) electrons. The van der Waals surface area contributed by atoms with Crippen molar-refractivity contribution in [1.29, 1.82) is 0 Å². The van der Waals surface area contributed by atoms with Crippen molar-refractivity contribution in [3.63, 3.8) is 0 Å². The van der Waals surface area contributed by atoms with Crippen LogP contribution >= 0.6 is 11.6 Å². The SMILES string of the molecule is O=C1N=[C-]O[C@@H]1CCl. The molecule has 1 atom stereocenters. The summed E-state index contributed by atoms with van der Waals surface area (Å²) in [6.45, 7) is 0. The molecule has 0 unspecified atom stereocenters. The zero-order chi connectivity index (χ0) is 5.98. The van der Waals surface area contributed by atoms with E-state index in [0.717, 1.165) is 0 Å². The Labute approximate surface area is 51.3 Å². The van der Waals surface area contributed by atoms with Gasteiger partial charge in [0.2, 0.25) is 0 Å². The highest BCUT2D eigenvalue weighted by Gasteiger charge is 2.09. The van der Waals surface area contributed by atoms with Crippen molar-refractivity contribution in [1.82, 2.24) is 0 Å². The Hall–Kier alpha value is -0.570. The highest BCUT2D eigenvalue weighted by atomic mass is 35.5. The van der Waals surface area contributed by atoms with Crippen molar-refractivity contribution in [2.45, 2.75) is 6.10 Å². The van der Waals surface area contributed by atoms with Crippen molar-refractivity contribution < 1.29 is 9.53 Å². The maximum atomic E-state index is 10.4. The molecule has 0 aromatic rings. The topological polar surface area (TPSA) is 38.7 Å². The van der Waals surface area contributed by atoms with Crippen molar-refractivity contribution in [2.75, 3.05) is 5.88 Å². The first-order valence-electron chi connectivity index (χ1n) is 2.06. The van der Waals surface area contributed by atoms with Crippen LogP contribution in [-0.2, 0) is 9.53 Å². The first-order valence-corrected chi connectivity index (χ1v) is 2.59. The number of carbonyl (C=O) groups is 1. The van der Waals surface area contributed by atoms with E-state index in [1.54, 1.807) is 0 Å². The van der Waals surface area contributed by atoms with E-state index in [1.165, 1.54) is 0 Å². The molecule has 1 aliphatic rings. The van der Waals surface area contributed by atoms with Gasteiger partial charge in [-0.15, -0.1) is 11.6 Å². The molecule has 4 heteroatoms. The molecule has 0 fully saturated rings. The summed E-state index contributed by atoms with van der Waals surface area (Å²) < 4.78 is 4.52. The molecule has 3 nitrogen and oxygen atoms in total. The van der Waals surface area contributed by atoms with E-state index in [-0.39, 0.29) is 11.8 Å². The summed E-state index contributed by atoms with van der Waals surface area (Å²) in [6.07, 6.45) is 1.48. The van der Waals surface area contributed by atoms with Gasteiger partial charge >= 0.3 is 0 Å². The van der Waals surface area contributed by atoms with Crippen molar-refractivity contribution in [2.24, 2.45) is 4.99 Å². The Kier molecular flexibility index (Phi) is 1.48. The molecular formula is C4H3ClNO2-. The first kappa shape index (κ1) is 5.56. The minimum Gasteiger partial charge on any atom is -0.577 e. The number of rotatable bonds is 1. The number of alkyl halides is 1. The van der Waals surface area contributed by atoms with Gasteiger partial charge in [-0.05, 0) is 0 Å². The lowest BCUT2D eigenvalue weighted by molar-refractivity contribution is -0.121. The summed E-state index contributed by atoms with van der Waals surface area (Å²) in [7, 11) is 0. The van der Waals surface area contributed by atoms with Crippen LogP contribution in [0, 0.1) is 0 Å². The number of hydrogen-bond acceptors (Lipinski definition) is 2. The molecule has 1 rings (SSSR count). The van der Waals surface area contributed by atoms with E-state index in [0.29, 0.717) is 0 Å². The molecule has 0 saturated heterocycles. The third-order valence-corrected chi connectivity index (χ3v) is 1.05. The van der Waals surface area contributed by atoms with E-state index in [9.17, 15) is 4.79 Å². The summed E-state index contributed by atoms with van der Waals surface area (Å²) in [4.78, 5) is 13.6. The highest BCUT2D eigenvalue weighted by molar-refractivity contribution is 6.20.